The van der Waals surface area contributed by atoms with E-state index in [0.717, 1.165) is 19.5 Å². The monoisotopic (exact) mass is 236 g/mol. The van der Waals surface area contributed by atoms with Crippen molar-refractivity contribution in [2.24, 2.45) is 0 Å². The van der Waals surface area contributed by atoms with E-state index in [1.165, 1.54) is 19.0 Å². The number of anilines is 1. The predicted molar refractivity (Wildman–Crippen MR) is 65.0 cm³/mol. The standard InChI is InChI=1S/C11H16N4O2/c16-15(17)11-8-12-6-4-10(11)14-7-3-9-2-1-5-13-9/h4,6,8-9,13H,1-3,5,7H2,(H,12,14)/t9-/m0/s1. The number of hydrogen-bond donors (Lipinski definition) is 2. The highest BCUT2D eigenvalue weighted by molar-refractivity contribution is 5.59. The van der Waals surface area contributed by atoms with Gasteiger partial charge in [0.15, 0.2) is 0 Å². The van der Waals surface area contributed by atoms with E-state index in [1.807, 2.05) is 0 Å². The highest BCUT2D eigenvalue weighted by Crippen LogP contribution is 2.22. The topological polar surface area (TPSA) is 80.1 Å². The summed E-state index contributed by atoms with van der Waals surface area (Å²) in [4.78, 5) is 14.1. The molecule has 1 fully saturated rings. The van der Waals surface area contributed by atoms with Gasteiger partial charge in [-0.05, 0) is 31.9 Å². The van der Waals surface area contributed by atoms with Crippen molar-refractivity contribution in [1.29, 1.82) is 0 Å². The molecule has 6 heteroatoms. The van der Waals surface area contributed by atoms with Gasteiger partial charge >= 0.3 is 5.69 Å². The predicted octanol–water partition coefficient (Wildman–Crippen LogP) is 1.54. The average Bonchev–Trinajstić information content (AvgIpc) is 2.82. The molecule has 0 spiro atoms. The molecule has 1 aliphatic heterocycles. The lowest BCUT2D eigenvalue weighted by Gasteiger charge is -2.11. The summed E-state index contributed by atoms with van der Waals surface area (Å²) in [6.45, 7) is 1.82. The Morgan fingerprint density at radius 3 is 3.24 bits per heavy atom. The molecule has 1 aromatic heterocycles. The molecule has 0 bridgehead atoms. The summed E-state index contributed by atoms with van der Waals surface area (Å²) in [6.07, 6.45) is 6.24. The van der Waals surface area contributed by atoms with Gasteiger partial charge in [-0.15, -0.1) is 0 Å². The van der Waals surface area contributed by atoms with Crippen LogP contribution in [0.15, 0.2) is 18.5 Å². The molecular formula is C11H16N4O2. The maximum atomic E-state index is 10.8. The first kappa shape index (κ1) is 11.8. The molecule has 2 N–H and O–H groups in total. The van der Waals surface area contributed by atoms with Crippen molar-refractivity contribution in [3.8, 4) is 0 Å². The smallest absolute Gasteiger partial charge is 0.310 e. The van der Waals surface area contributed by atoms with Gasteiger partial charge in [0.05, 0.1) is 4.92 Å². The molecule has 1 aromatic rings. The zero-order chi connectivity index (χ0) is 12.1. The van der Waals surface area contributed by atoms with Crippen molar-refractivity contribution in [2.75, 3.05) is 18.4 Å². The van der Waals surface area contributed by atoms with E-state index in [2.05, 4.69) is 15.6 Å². The number of aromatic nitrogens is 1. The van der Waals surface area contributed by atoms with Crippen LogP contribution in [-0.2, 0) is 0 Å². The fraction of sp³-hybridized carbons (Fsp3) is 0.545. The first-order chi connectivity index (χ1) is 8.27. The van der Waals surface area contributed by atoms with E-state index in [-0.39, 0.29) is 5.69 Å². The van der Waals surface area contributed by atoms with Crippen LogP contribution in [0.1, 0.15) is 19.3 Å². The van der Waals surface area contributed by atoms with Crippen LogP contribution in [0.2, 0.25) is 0 Å². The molecule has 1 aliphatic rings. The number of pyridine rings is 1. The number of nitrogens with one attached hydrogen (secondary N) is 2. The molecule has 0 aromatic carbocycles. The summed E-state index contributed by atoms with van der Waals surface area (Å²) >= 11 is 0. The Balaban J connectivity index is 1.87. The minimum atomic E-state index is -0.414. The van der Waals surface area contributed by atoms with Gasteiger partial charge in [-0.3, -0.25) is 15.1 Å². The third-order valence-corrected chi connectivity index (χ3v) is 2.97. The van der Waals surface area contributed by atoms with Crippen molar-refractivity contribution in [3.63, 3.8) is 0 Å². The van der Waals surface area contributed by atoms with Gasteiger partial charge in [-0.2, -0.15) is 0 Å². The van der Waals surface area contributed by atoms with E-state index in [9.17, 15) is 10.1 Å². The summed E-state index contributed by atoms with van der Waals surface area (Å²) in [5.74, 6) is 0. The molecule has 1 atom stereocenters. The first-order valence-electron chi connectivity index (χ1n) is 5.83. The minimum Gasteiger partial charge on any atom is -0.379 e. The second-order valence-electron chi connectivity index (χ2n) is 4.16. The molecular weight excluding hydrogens is 220 g/mol. The minimum absolute atomic E-state index is 0.0341. The van der Waals surface area contributed by atoms with E-state index >= 15 is 0 Å². The fourth-order valence-electron chi connectivity index (χ4n) is 2.07. The van der Waals surface area contributed by atoms with E-state index in [0.29, 0.717) is 11.7 Å². The lowest BCUT2D eigenvalue weighted by molar-refractivity contribution is -0.384. The molecule has 92 valence electrons. The van der Waals surface area contributed by atoms with Crippen LogP contribution in [0.4, 0.5) is 11.4 Å². The van der Waals surface area contributed by atoms with Crippen LogP contribution in [0.25, 0.3) is 0 Å². The van der Waals surface area contributed by atoms with E-state index in [4.69, 9.17) is 0 Å². The molecule has 0 amide bonds. The fourth-order valence-corrected chi connectivity index (χ4v) is 2.07. The quantitative estimate of drug-likeness (QED) is 0.598. The SMILES string of the molecule is O=[N+]([O-])c1cnccc1NCC[C@@H]1CCCN1. The Morgan fingerprint density at radius 1 is 1.65 bits per heavy atom. The number of nitro groups is 1. The van der Waals surface area contributed by atoms with Gasteiger partial charge in [-0.1, -0.05) is 0 Å². The Bertz CT molecular complexity index is 391. The second-order valence-corrected chi connectivity index (χ2v) is 4.16. The Labute approximate surface area is 99.6 Å². The summed E-state index contributed by atoms with van der Waals surface area (Å²) in [5.41, 5.74) is 0.579. The molecule has 0 saturated carbocycles. The van der Waals surface area contributed by atoms with Gasteiger partial charge < -0.3 is 10.6 Å². The van der Waals surface area contributed by atoms with Crippen LogP contribution in [-0.4, -0.2) is 29.0 Å². The normalized spacial score (nSPS) is 19.2. The third-order valence-electron chi connectivity index (χ3n) is 2.97. The summed E-state index contributed by atoms with van der Waals surface area (Å²) < 4.78 is 0. The van der Waals surface area contributed by atoms with Crippen LogP contribution in [0.5, 0.6) is 0 Å². The zero-order valence-electron chi connectivity index (χ0n) is 9.56. The molecule has 0 unspecified atom stereocenters. The van der Waals surface area contributed by atoms with Crippen LogP contribution in [0, 0.1) is 10.1 Å². The van der Waals surface area contributed by atoms with Crippen LogP contribution in [0.3, 0.4) is 0 Å². The Hall–Kier alpha value is -1.69. The maximum absolute atomic E-state index is 10.8. The van der Waals surface area contributed by atoms with Gasteiger partial charge in [0, 0.05) is 18.8 Å². The molecule has 2 rings (SSSR count). The molecule has 17 heavy (non-hydrogen) atoms. The van der Waals surface area contributed by atoms with Gasteiger partial charge in [0.25, 0.3) is 0 Å². The molecule has 0 radical (unpaired) electrons. The van der Waals surface area contributed by atoms with Crippen LogP contribution < -0.4 is 10.6 Å². The maximum Gasteiger partial charge on any atom is 0.310 e. The van der Waals surface area contributed by atoms with Gasteiger partial charge in [0.2, 0.25) is 0 Å². The van der Waals surface area contributed by atoms with Crippen LogP contribution >= 0.6 is 0 Å². The zero-order valence-corrected chi connectivity index (χ0v) is 9.56. The number of hydrogen-bond acceptors (Lipinski definition) is 5. The molecule has 0 aliphatic carbocycles. The van der Waals surface area contributed by atoms with E-state index in [1.54, 1.807) is 12.3 Å². The largest absolute Gasteiger partial charge is 0.379 e. The van der Waals surface area contributed by atoms with Gasteiger partial charge in [-0.25, -0.2) is 0 Å². The molecule has 6 nitrogen and oxygen atoms in total. The average molecular weight is 236 g/mol. The van der Waals surface area contributed by atoms with Gasteiger partial charge in [0.1, 0.15) is 11.9 Å². The van der Waals surface area contributed by atoms with Crippen molar-refractivity contribution in [2.45, 2.75) is 25.3 Å². The number of rotatable bonds is 5. The summed E-state index contributed by atoms with van der Waals surface area (Å²) in [7, 11) is 0. The first-order valence-corrected chi connectivity index (χ1v) is 5.83. The number of nitrogens with zero attached hydrogens (tertiary/aromatic N) is 2. The molecule has 1 saturated heterocycles. The summed E-state index contributed by atoms with van der Waals surface area (Å²) in [6, 6.07) is 2.18. The van der Waals surface area contributed by atoms with Crippen molar-refractivity contribution in [3.05, 3.63) is 28.6 Å². The lowest BCUT2D eigenvalue weighted by Crippen LogP contribution is -2.24. The van der Waals surface area contributed by atoms with Crippen molar-refractivity contribution >= 4 is 11.4 Å². The highest BCUT2D eigenvalue weighted by atomic mass is 16.6. The molecule has 2 heterocycles. The van der Waals surface area contributed by atoms with Crippen molar-refractivity contribution in [1.82, 2.24) is 10.3 Å². The third kappa shape index (κ3) is 3.13. The summed E-state index contributed by atoms with van der Waals surface area (Å²) in [5, 5.41) is 17.2. The Morgan fingerprint density at radius 2 is 2.53 bits per heavy atom. The van der Waals surface area contributed by atoms with E-state index < -0.39 is 4.92 Å². The lowest BCUT2D eigenvalue weighted by atomic mass is 10.1. The highest BCUT2D eigenvalue weighted by Gasteiger charge is 2.15. The Kier molecular flexibility index (Phi) is 3.87. The van der Waals surface area contributed by atoms with Crippen molar-refractivity contribution < 1.29 is 4.92 Å². The second kappa shape index (κ2) is 5.58.